The van der Waals surface area contributed by atoms with E-state index in [1.807, 2.05) is 20.8 Å². The normalized spacial score (nSPS) is 11.4. The predicted molar refractivity (Wildman–Crippen MR) is 58.7 cm³/mol. The van der Waals surface area contributed by atoms with Crippen molar-refractivity contribution >= 4 is 28.6 Å². The molecule has 4 heteroatoms. The number of carbonyl (C=O) groups excluding carboxylic acids is 1. The molecule has 0 saturated heterocycles. The molecule has 0 aliphatic heterocycles. The van der Waals surface area contributed by atoms with Gasteiger partial charge in [0.1, 0.15) is 5.60 Å². The Labute approximate surface area is 91.0 Å². The van der Waals surface area contributed by atoms with Gasteiger partial charge < -0.3 is 9.72 Å². The van der Waals surface area contributed by atoms with Crippen LogP contribution in [0.2, 0.25) is 0 Å². The third-order valence-electron chi connectivity index (χ3n) is 1.32. The van der Waals surface area contributed by atoms with E-state index in [1.165, 1.54) is 0 Å². The van der Waals surface area contributed by atoms with Crippen molar-refractivity contribution < 1.29 is 9.53 Å². The van der Waals surface area contributed by atoms with Gasteiger partial charge in [0.25, 0.3) is 0 Å². The number of hydrogen-bond donors (Lipinski definition) is 1. The fraction of sp³-hybridized carbons (Fsp3) is 0.444. The number of carbonyl (C=O) groups is 1. The molecule has 0 spiro atoms. The lowest BCUT2D eigenvalue weighted by atomic mass is 10.2. The summed E-state index contributed by atoms with van der Waals surface area (Å²) in [6.07, 6.45) is 1.72. The average molecular weight is 293 g/mol. The molecule has 1 aromatic heterocycles. The summed E-state index contributed by atoms with van der Waals surface area (Å²) in [4.78, 5) is 14.4. The van der Waals surface area contributed by atoms with Crippen molar-refractivity contribution in [2.24, 2.45) is 0 Å². The largest absolute Gasteiger partial charge is 0.456 e. The number of rotatable bonds is 1. The summed E-state index contributed by atoms with van der Waals surface area (Å²) in [5.41, 5.74) is 0.160. The van der Waals surface area contributed by atoms with Crippen LogP contribution >= 0.6 is 22.6 Å². The van der Waals surface area contributed by atoms with Crippen LogP contribution in [0, 0.1) is 3.70 Å². The van der Waals surface area contributed by atoms with Crippen LogP contribution < -0.4 is 0 Å². The fourth-order valence-corrected chi connectivity index (χ4v) is 1.42. The average Bonchev–Trinajstić information content (AvgIpc) is 2.30. The van der Waals surface area contributed by atoms with Crippen molar-refractivity contribution in [2.45, 2.75) is 26.4 Å². The minimum absolute atomic E-state index is 0.279. The number of nitrogens with one attached hydrogen (secondary N) is 1. The van der Waals surface area contributed by atoms with Crippen molar-refractivity contribution in [2.75, 3.05) is 0 Å². The molecule has 0 atom stereocenters. The predicted octanol–water partition coefficient (Wildman–Crippen LogP) is 2.57. The number of H-pyrrole nitrogens is 1. The van der Waals surface area contributed by atoms with E-state index < -0.39 is 5.60 Å². The van der Waals surface area contributed by atoms with Gasteiger partial charge in [-0.2, -0.15) is 0 Å². The van der Waals surface area contributed by atoms with Crippen molar-refractivity contribution in [3.8, 4) is 0 Å². The van der Waals surface area contributed by atoms with E-state index in [0.29, 0.717) is 5.56 Å². The maximum absolute atomic E-state index is 11.5. The highest BCUT2D eigenvalue weighted by Crippen LogP contribution is 2.15. The molecule has 0 radical (unpaired) electrons. The van der Waals surface area contributed by atoms with Crippen LogP contribution in [0.25, 0.3) is 0 Å². The Bertz CT molecular complexity index is 312. The van der Waals surface area contributed by atoms with Crippen molar-refractivity contribution in [1.82, 2.24) is 4.98 Å². The fourth-order valence-electron chi connectivity index (χ4n) is 0.840. The van der Waals surface area contributed by atoms with Gasteiger partial charge in [-0.1, -0.05) is 0 Å². The Morgan fingerprint density at radius 2 is 2.15 bits per heavy atom. The van der Waals surface area contributed by atoms with Gasteiger partial charge in [0.2, 0.25) is 0 Å². The van der Waals surface area contributed by atoms with Crippen LogP contribution in [0.15, 0.2) is 12.3 Å². The first kappa shape index (κ1) is 10.6. The molecule has 0 fully saturated rings. The van der Waals surface area contributed by atoms with Gasteiger partial charge in [-0.15, -0.1) is 0 Å². The minimum atomic E-state index is -0.433. The van der Waals surface area contributed by atoms with Gasteiger partial charge in [0, 0.05) is 6.20 Å². The second kappa shape index (κ2) is 3.69. The third kappa shape index (κ3) is 3.02. The lowest BCUT2D eigenvalue weighted by Gasteiger charge is -2.19. The van der Waals surface area contributed by atoms with E-state index in [0.717, 1.165) is 3.70 Å². The monoisotopic (exact) mass is 293 g/mol. The summed E-state index contributed by atoms with van der Waals surface area (Å²) in [5.74, 6) is -0.279. The molecule has 0 saturated carbocycles. The van der Waals surface area contributed by atoms with Gasteiger partial charge in [0.05, 0.1) is 9.26 Å². The Morgan fingerprint density at radius 3 is 2.54 bits per heavy atom. The third-order valence-corrected chi connectivity index (χ3v) is 2.21. The standard InChI is InChI=1S/C9H12INO2/c1-9(2,3)13-8(12)6-4-5-11-7(6)10/h4-5,11H,1-3H3. The molecule has 0 aliphatic carbocycles. The molecular formula is C9H12INO2. The molecule has 0 aliphatic rings. The Kier molecular flexibility index (Phi) is 3.00. The van der Waals surface area contributed by atoms with Crippen LogP contribution in [0.5, 0.6) is 0 Å². The van der Waals surface area contributed by atoms with Crippen LogP contribution in [0.3, 0.4) is 0 Å². The highest BCUT2D eigenvalue weighted by Gasteiger charge is 2.19. The molecule has 0 bridgehead atoms. The SMILES string of the molecule is CC(C)(C)OC(=O)c1cc[nH]c1I. The Balaban J connectivity index is 2.76. The molecule has 1 aromatic rings. The number of ether oxygens (including phenoxy) is 1. The molecule has 0 unspecified atom stereocenters. The number of aromatic nitrogens is 1. The summed E-state index contributed by atoms with van der Waals surface area (Å²) in [5, 5.41) is 0. The first-order valence-electron chi connectivity index (χ1n) is 3.96. The zero-order valence-electron chi connectivity index (χ0n) is 7.85. The second-order valence-electron chi connectivity index (χ2n) is 3.71. The number of hydrogen-bond acceptors (Lipinski definition) is 2. The summed E-state index contributed by atoms with van der Waals surface area (Å²) in [7, 11) is 0. The van der Waals surface area contributed by atoms with Crippen LogP contribution in [0.4, 0.5) is 0 Å². The number of halogens is 1. The van der Waals surface area contributed by atoms with Crippen molar-refractivity contribution in [3.05, 3.63) is 21.5 Å². The molecule has 72 valence electrons. The first-order chi connectivity index (χ1) is 5.90. The second-order valence-corrected chi connectivity index (χ2v) is 4.79. The molecule has 0 amide bonds. The number of esters is 1. The summed E-state index contributed by atoms with van der Waals surface area (Å²) in [6.45, 7) is 5.55. The highest BCUT2D eigenvalue weighted by molar-refractivity contribution is 14.1. The smallest absolute Gasteiger partial charge is 0.341 e. The topological polar surface area (TPSA) is 42.1 Å². The molecule has 0 aromatic carbocycles. The summed E-state index contributed by atoms with van der Waals surface area (Å²) >= 11 is 2.07. The van der Waals surface area contributed by atoms with Crippen LogP contribution in [0.1, 0.15) is 31.1 Å². The van der Waals surface area contributed by atoms with Crippen LogP contribution in [-0.4, -0.2) is 16.6 Å². The maximum Gasteiger partial charge on any atom is 0.341 e. The molecule has 13 heavy (non-hydrogen) atoms. The Hall–Kier alpha value is -0.520. The molecule has 1 N–H and O–H groups in total. The number of aromatic amines is 1. The molecular weight excluding hydrogens is 281 g/mol. The van der Waals surface area contributed by atoms with Gasteiger partial charge in [-0.3, -0.25) is 0 Å². The van der Waals surface area contributed by atoms with Crippen molar-refractivity contribution in [3.63, 3.8) is 0 Å². The zero-order valence-corrected chi connectivity index (χ0v) is 10.0. The summed E-state index contributed by atoms with van der Waals surface area (Å²) < 4.78 is 6.01. The highest BCUT2D eigenvalue weighted by atomic mass is 127. The van der Waals surface area contributed by atoms with E-state index in [1.54, 1.807) is 12.3 Å². The van der Waals surface area contributed by atoms with Crippen molar-refractivity contribution in [1.29, 1.82) is 0 Å². The van der Waals surface area contributed by atoms with Crippen LogP contribution in [-0.2, 0) is 4.74 Å². The van der Waals surface area contributed by atoms with Gasteiger partial charge >= 0.3 is 5.97 Å². The van der Waals surface area contributed by atoms with E-state index in [-0.39, 0.29) is 5.97 Å². The van der Waals surface area contributed by atoms with E-state index in [4.69, 9.17) is 4.74 Å². The van der Waals surface area contributed by atoms with Gasteiger partial charge in [0.15, 0.2) is 0 Å². The quantitative estimate of drug-likeness (QED) is 0.638. The van der Waals surface area contributed by atoms with Gasteiger partial charge in [-0.25, -0.2) is 4.79 Å². The molecule has 1 rings (SSSR count). The van der Waals surface area contributed by atoms with Gasteiger partial charge in [-0.05, 0) is 49.4 Å². The summed E-state index contributed by atoms with van der Waals surface area (Å²) in [6, 6.07) is 1.72. The minimum Gasteiger partial charge on any atom is -0.456 e. The molecule has 1 heterocycles. The molecule has 3 nitrogen and oxygen atoms in total. The van der Waals surface area contributed by atoms with E-state index >= 15 is 0 Å². The van der Waals surface area contributed by atoms with E-state index in [2.05, 4.69) is 27.6 Å². The lowest BCUT2D eigenvalue weighted by Crippen LogP contribution is -2.24. The first-order valence-corrected chi connectivity index (χ1v) is 5.04. The maximum atomic E-state index is 11.5. The van der Waals surface area contributed by atoms with E-state index in [9.17, 15) is 4.79 Å². The zero-order chi connectivity index (χ0) is 10.1. The lowest BCUT2D eigenvalue weighted by molar-refractivity contribution is 0.00685. The Morgan fingerprint density at radius 1 is 1.54 bits per heavy atom.